The summed E-state index contributed by atoms with van der Waals surface area (Å²) < 4.78 is 5.55. The molecule has 31 heavy (non-hydrogen) atoms. The summed E-state index contributed by atoms with van der Waals surface area (Å²) in [7, 11) is 0. The number of rotatable bonds is 12. The first-order valence-corrected chi connectivity index (χ1v) is 11.4. The van der Waals surface area contributed by atoms with Crippen molar-refractivity contribution in [2.45, 2.75) is 69.3 Å². The highest BCUT2D eigenvalue weighted by Gasteiger charge is 2.39. The summed E-state index contributed by atoms with van der Waals surface area (Å²) in [5.41, 5.74) is 0. The smallest absolute Gasteiger partial charge is 0.220 e. The normalized spacial score (nSPS) is 27.1. The van der Waals surface area contributed by atoms with Crippen molar-refractivity contribution in [3.63, 3.8) is 0 Å². The van der Waals surface area contributed by atoms with Gasteiger partial charge in [-0.1, -0.05) is 42.5 Å². The molecule has 4 N–H and O–H groups in total. The van der Waals surface area contributed by atoms with E-state index in [0.717, 1.165) is 25.7 Å². The number of aliphatic hydroxyl groups excluding tert-OH is 3. The van der Waals surface area contributed by atoms with Crippen LogP contribution in [0.2, 0.25) is 0 Å². The van der Waals surface area contributed by atoms with Gasteiger partial charge in [0.25, 0.3) is 0 Å². The van der Waals surface area contributed by atoms with Crippen molar-refractivity contribution in [3.05, 3.63) is 54.6 Å². The molecule has 2 fully saturated rings. The minimum absolute atomic E-state index is 0.0945. The Balaban J connectivity index is 1.39. The fourth-order valence-electron chi connectivity index (χ4n) is 4.00. The minimum atomic E-state index is -0.789. The van der Waals surface area contributed by atoms with Crippen molar-refractivity contribution >= 4 is 5.91 Å². The van der Waals surface area contributed by atoms with Crippen molar-refractivity contribution < 1.29 is 24.9 Å². The Bertz CT molecular complexity index is 731. The van der Waals surface area contributed by atoms with Gasteiger partial charge in [-0.2, -0.15) is 0 Å². The number of nitrogens with one attached hydrogen (secondary N) is 1. The molecule has 2 aliphatic rings. The number of unbranched alkanes of at least 4 members (excludes halogenated alkanes) is 1. The lowest BCUT2D eigenvalue weighted by molar-refractivity contribution is -0.121. The average Bonchev–Trinajstić information content (AvgIpc) is 3.52. The number of amides is 1. The SMILES string of the molecule is O=C(CCC/C=C\C[C@@H]1[C@@H](/C=C/[C@@H](O)COc2ccccc2)[C@H](O)C[C@@H]1O)NC1CC1. The molecule has 5 atom stereocenters. The minimum Gasteiger partial charge on any atom is -0.491 e. The van der Waals surface area contributed by atoms with Gasteiger partial charge in [0.05, 0.1) is 12.2 Å². The second-order valence-electron chi connectivity index (χ2n) is 8.63. The van der Waals surface area contributed by atoms with E-state index >= 15 is 0 Å². The van der Waals surface area contributed by atoms with Crippen LogP contribution in [0.1, 0.15) is 44.9 Å². The first-order chi connectivity index (χ1) is 15.0. The summed E-state index contributed by atoms with van der Waals surface area (Å²) in [5.74, 6) is 0.516. The lowest BCUT2D eigenvalue weighted by atomic mass is 9.89. The van der Waals surface area contributed by atoms with Gasteiger partial charge in [0.2, 0.25) is 5.91 Å². The highest BCUT2D eigenvalue weighted by molar-refractivity contribution is 5.76. The molecular weight excluding hydrogens is 394 g/mol. The zero-order valence-corrected chi connectivity index (χ0v) is 18.0. The molecule has 6 heteroatoms. The van der Waals surface area contributed by atoms with Gasteiger partial charge in [-0.3, -0.25) is 4.79 Å². The van der Waals surface area contributed by atoms with E-state index in [1.54, 1.807) is 12.2 Å². The quantitative estimate of drug-likeness (QED) is 0.302. The first-order valence-electron chi connectivity index (χ1n) is 11.4. The number of allylic oxidation sites excluding steroid dienone is 2. The number of benzene rings is 1. The van der Waals surface area contributed by atoms with Gasteiger partial charge >= 0.3 is 0 Å². The standard InChI is InChI=1S/C25H35NO5/c27-19(17-31-20-8-4-3-5-9-20)14-15-22-21(23(28)16-24(22)29)10-6-1-2-7-11-25(30)26-18-12-13-18/h1,3-6,8-9,14-15,18-19,21-24,27-29H,2,7,10-13,16-17H2,(H,26,30)/b6-1-,15-14+/t19-,21-,22-,23+,24-/m1/s1. The summed E-state index contributed by atoms with van der Waals surface area (Å²) in [6.07, 6.45) is 10.9. The maximum atomic E-state index is 11.7. The maximum Gasteiger partial charge on any atom is 0.220 e. The van der Waals surface area contributed by atoms with E-state index in [9.17, 15) is 20.1 Å². The molecule has 2 aliphatic carbocycles. The Kier molecular flexibility index (Phi) is 9.13. The van der Waals surface area contributed by atoms with Crippen LogP contribution in [0, 0.1) is 11.8 Å². The van der Waals surface area contributed by atoms with Gasteiger partial charge < -0.3 is 25.4 Å². The van der Waals surface area contributed by atoms with Gasteiger partial charge in [0.1, 0.15) is 18.5 Å². The molecule has 0 saturated heterocycles. The van der Waals surface area contributed by atoms with Gasteiger partial charge in [0.15, 0.2) is 0 Å². The molecular formula is C25H35NO5. The second kappa shape index (κ2) is 12.0. The third-order valence-corrected chi connectivity index (χ3v) is 5.93. The van der Waals surface area contributed by atoms with Crippen molar-refractivity contribution in [1.29, 1.82) is 0 Å². The molecule has 3 rings (SSSR count). The van der Waals surface area contributed by atoms with Gasteiger partial charge in [0, 0.05) is 24.8 Å². The molecule has 0 radical (unpaired) electrons. The Morgan fingerprint density at radius 1 is 1.16 bits per heavy atom. The molecule has 1 amide bonds. The van der Waals surface area contributed by atoms with Crippen molar-refractivity contribution in [1.82, 2.24) is 5.32 Å². The zero-order valence-electron chi connectivity index (χ0n) is 18.0. The molecule has 1 aromatic rings. The molecule has 6 nitrogen and oxygen atoms in total. The van der Waals surface area contributed by atoms with E-state index in [1.807, 2.05) is 42.5 Å². The fraction of sp³-hybridized carbons (Fsp3) is 0.560. The number of aliphatic hydroxyl groups is 3. The number of carbonyl (C=O) groups is 1. The first kappa shape index (κ1) is 23.5. The molecule has 0 bridgehead atoms. The Labute approximate surface area is 184 Å². The lowest BCUT2D eigenvalue weighted by Gasteiger charge is -2.19. The molecule has 0 unspecified atom stereocenters. The summed E-state index contributed by atoms with van der Waals surface area (Å²) in [4.78, 5) is 11.7. The van der Waals surface area contributed by atoms with Crippen LogP contribution in [-0.4, -0.2) is 52.2 Å². The van der Waals surface area contributed by atoms with E-state index in [1.165, 1.54) is 0 Å². The Morgan fingerprint density at radius 2 is 1.94 bits per heavy atom. The lowest BCUT2D eigenvalue weighted by Crippen LogP contribution is -2.24. The highest BCUT2D eigenvalue weighted by atomic mass is 16.5. The fourth-order valence-corrected chi connectivity index (χ4v) is 4.00. The summed E-state index contributed by atoms with van der Waals surface area (Å²) >= 11 is 0. The van der Waals surface area contributed by atoms with Crippen LogP contribution < -0.4 is 10.1 Å². The molecule has 0 heterocycles. The average molecular weight is 430 g/mol. The molecule has 0 aliphatic heterocycles. The molecule has 2 saturated carbocycles. The van der Waals surface area contributed by atoms with Gasteiger partial charge in [-0.25, -0.2) is 0 Å². The maximum absolute atomic E-state index is 11.7. The number of hydrogen-bond acceptors (Lipinski definition) is 5. The van der Waals surface area contributed by atoms with Crippen LogP contribution in [0.4, 0.5) is 0 Å². The second-order valence-corrected chi connectivity index (χ2v) is 8.63. The van der Waals surface area contributed by atoms with Crippen LogP contribution in [0.25, 0.3) is 0 Å². The number of ether oxygens (including phenoxy) is 1. The van der Waals surface area contributed by atoms with Crippen LogP contribution >= 0.6 is 0 Å². The zero-order chi connectivity index (χ0) is 22.1. The molecule has 0 spiro atoms. The van der Waals surface area contributed by atoms with Gasteiger partial charge in [-0.15, -0.1) is 0 Å². The highest BCUT2D eigenvalue weighted by Crippen LogP contribution is 2.36. The molecule has 0 aromatic heterocycles. The van der Waals surface area contributed by atoms with E-state index in [0.29, 0.717) is 31.1 Å². The summed E-state index contributed by atoms with van der Waals surface area (Å²) in [6.45, 7) is 0.130. The van der Waals surface area contributed by atoms with Crippen LogP contribution in [0.15, 0.2) is 54.6 Å². The molecule has 170 valence electrons. The summed E-state index contributed by atoms with van der Waals surface area (Å²) in [5, 5.41) is 33.9. The predicted molar refractivity (Wildman–Crippen MR) is 119 cm³/mol. The van der Waals surface area contributed by atoms with Crippen LogP contribution in [0.5, 0.6) is 5.75 Å². The van der Waals surface area contributed by atoms with E-state index < -0.39 is 18.3 Å². The largest absolute Gasteiger partial charge is 0.491 e. The molecule has 1 aromatic carbocycles. The van der Waals surface area contributed by atoms with E-state index in [2.05, 4.69) is 5.32 Å². The Hall–Kier alpha value is -2.15. The number of hydrogen-bond donors (Lipinski definition) is 4. The predicted octanol–water partition coefficient (Wildman–Crippen LogP) is 2.74. The topological polar surface area (TPSA) is 99.0 Å². The summed E-state index contributed by atoms with van der Waals surface area (Å²) in [6, 6.07) is 9.71. The third-order valence-electron chi connectivity index (χ3n) is 5.93. The van der Waals surface area contributed by atoms with Crippen molar-refractivity contribution in [3.8, 4) is 5.75 Å². The Morgan fingerprint density at radius 3 is 2.68 bits per heavy atom. The van der Waals surface area contributed by atoms with E-state index in [4.69, 9.17) is 4.74 Å². The number of carbonyl (C=O) groups excluding carboxylic acids is 1. The monoisotopic (exact) mass is 429 g/mol. The van der Waals surface area contributed by atoms with Crippen molar-refractivity contribution in [2.75, 3.05) is 6.61 Å². The third kappa shape index (κ3) is 8.13. The number of para-hydroxylation sites is 1. The van der Waals surface area contributed by atoms with Crippen LogP contribution in [0.3, 0.4) is 0 Å². The van der Waals surface area contributed by atoms with Gasteiger partial charge in [-0.05, 0) is 50.2 Å². The van der Waals surface area contributed by atoms with Crippen molar-refractivity contribution in [2.24, 2.45) is 11.8 Å². The van der Waals surface area contributed by atoms with Crippen LogP contribution in [-0.2, 0) is 4.79 Å². The van der Waals surface area contributed by atoms with E-state index in [-0.39, 0.29) is 24.3 Å².